The summed E-state index contributed by atoms with van der Waals surface area (Å²) in [6, 6.07) is 2.90. The van der Waals surface area contributed by atoms with Crippen LogP contribution < -0.4 is 4.72 Å². The van der Waals surface area contributed by atoms with Crippen molar-refractivity contribution in [2.24, 2.45) is 0 Å². The zero-order valence-electron chi connectivity index (χ0n) is 10.5. The van der Waals surface area contributed by atoms with Crippen molar-refractivity contribution < 1.29 is 27.4 Å². The molecule has 0 radical (unpaired) electrons. The van der Waals surface area contributed by atoms with E-state index < -0.39 is 32.6 Å². The molecule has 20 heavy (non-hydrogen) atoms. The first-order valence-electron chi connectivity index (χ1n) is 6.02. The number of benzene rings is 1. The van der Waals surface area contributed by atoms with Crippen LogP contribution in [0, 0.1) is 5.82 Å². The Labute approximate surface area is 115 Å². The number of anilines is 1. The second-order valence-electron chi connectivity index (χ2n) is 4.45. The second kappa shape index (κ2) is 5.76. The molecule has 0 aliphatic carbocycles. The average molecular weight is 303 g/mol. The summed E-state index contributed by atoms with van der Waals surface area (Å²) in [6.07, 6.45) is 0.692. The lowest BCUT2D eigenvalue weighted by atomic mass is 10.2. The maximum atomic E-state index is 13.0. The fourth-order valence-corrected chi connectivity index (χ4v) is 3.47. The van der Waals surface area contributed by atoms with Gasteiger partial charge in [-0.15, -0.1) is 0 Å². The van der Waals surface area contributed by atoms with E-state index in [0.717, 1.165) is 18.2 Å². The van der Waals surface area contributed by atoms with E-state index in [1.54, 1.807) is 0 Å². The molecule has 1 aromatic rings. The molecule has 0 amide bonds. The fourth-order valence-electron chi connectivity index (χ4n) is 2.01. The molecule has 8 heteroatoms. The van der Waals surface area contributed by atoms with Crippen molar-refractivity contribution in [3.63, 3.8) is 0 Å². The lowest BCUT2D eigenvalue weighted by Gasteiger charge is -2.23. The molecule has 0 atom stereocenters. The van der Waals surface area contributed by atoms with Crippen LogP contribution in [-0.4, -0.2) is 38.0 Å². The summed E-state index contributed by atoms with van der Waals surface area (Å²) < 4.78 is 44.7. The number of sulfonamides is 1. The minimum Gasteiger partial charge on any atom is -0.478 e. The zero-order chi connectivity index (χ0) is 14.8. The van der Waals surface area contributed by atoms with Crippen molar-refractivity contribution >= 4 is 21.7 Å². The summed E-state index contributed by atoms with van der Waals surface area (Å²) in [5.74, 6) is -2.13. The van der Waals surface area contributed by atoms with Gasteiger partial charge in [0, 0.05) is 13.2 Å². The van der Waals surface area contributed by atoms with E-state index in [2.05, 4.69) is 4.72 Å². The molecule has 2 N–H and O–H groups in total. The third-order valence-corrected chi connectivity index (χ3v) is 4.92. The second-order valence-corrected chi connectivity index (χ2v) is 6.41. The van der Waals surface area contributed by atoms with Gasteiger partial charge in [-0.1, -0.05) is 0 Å². The van der Waals surface area contributed by atoms with E-state index in [9.17, 15) is 17.6 Å². The molecule has 0 bridgehead atoms. The van der Waals surface area contributed by atoms with Gasteiger partial charge in [0.05, 0.1) is 16.5 Å². The van der Waals surface area contributed by atoms with Crippen LogP contribution in [0.2, 0.25) is 0 Å². The van der Waals surface area contributed by atoms with Crippen molar-refractivity contribution in [2.75, 3.05) is 17.9 Å². The third kappa shape index (κ3) is 3.26. The van der Waals surface area contributed by atoms with E-state index >= 15 is 0 Å². The Hall–Kier alpha value is -1.67. The Kier molecular flexibility index (Phi) is 4.24. The van der Waals surface area contributed by atoms with E-state index in [0.29, 0.717) is 26.1 Å². The maximum Gasteiger partial charge on any atom is 0.337 e. The first-order chi connectivity index (χ1) is 9.40. The number of hydrogen-bond acceptors (Lipinski definition) is 4. The highest BCUT2D eigenvalue weighted by atomic mass is 32.2. The monoisotopic (exact) mass is 303 g/mol. The van der Waals surface area contributed by atoms with Crippen LogP contribution in [0.4, 0.5) is 10.1 Å². The largest absolute Gasteiger partial charge is 0.478 e. The van der Waals surface area contributed by atoms with Crippen LogP contribution in [0.15, 0.2) is 18.2 Å². The topological polar surface area (TPSA) is 92.7 Å². The minimum atomic E-state index is -3.72. The van der Waals surface area contributed by atoms with E-state index in [4.69, 9.17) is 9.84 Å². The van der Waals surface area contributed by atoms with Gasteiger partial charge in [0.2, 0.25) is 10.0 Å². The molecule has 1 saturated heterocycles. The predicted molar refractivity (Wildman–Crippen MR) is 69.7 cm³/mol. The van der Waals surface area contributed by atoms with Gasteiger partial charge in [0.1, 0.15) is 5.82 Å². The van der Waals surface area contributed by atoms with Crippen LogP contribution in [0.5, 0.6) is 0 Å². The molecule has 2 rings (SSSR count). The third-order valence-electron chi connectivity index (χ3n) is 3.07. The van der Waals surface area contributed by atoms with E-state index in [-0.39, 0.29) is 5.69 Å². The molecule has 1 heterocycles. The smallest absolute Gasteiger partial charge is 0.337 e. The Morgan fingerprint density at radius 1 is 1.35 bits per heavy atom. The van der Waals surface area contributed by atoms with Gasteiger partial charge in [0.15, 0.2) is 0 Å². The number of aromatic carboxylic acids is 1. The van der Waals surface area contributed by atoms with Crippen molar-refractivity contribution in [1.29, 1.82) is 0 Å². The summed E-state index contributed by atoms with van der Waals surface area (Å²) in [4.78, 5) is 11.0. The van der Waals surface area contributed by atoms with Gasteiger partial charge >= 0.3 is 5.97 Å². The number of nitrogens with one attached hydrogen (secondary N) is 1. The first kappa shape index (κ1) is 14.7. The number of ether oxygens (including phenoxy) is 1. The van der Waals surface area contributed by atoms with Gasteiger partial charge in [-0.05, 0) is 31.0 Å². The van der Waals surface area contributed by atoms with Gasteiger partial charge in [-0.3, -0.25) is 4.72 Å². The van der Waals surface area contributed by atoms with Crippen molar-refractivity contribution in [2.45, 2.75) is 18.1 Å². The molecule has 1 aliphatic heterocycles. The highest BCUT2D eigenvalue weighted by Gasteiger charge is 2.28. The lowest BCUT2D eigenvalue weighted by molar-refractivity contribution is 0.0697. The number of carboxylic acid groups (broad SMARTS) is 1. The van der Waals surface area contributed by atoms with Crippen LogP contribution >= 0.6 is 0 Å². The summed E-state index contributed by atoms with van der Waals surface area (Å²) in [5, 5.41) is 8.34. The molecule has 1 aliphatic rings. The Bertz CT molecular complexity index is 610. The Morgan fingerprint density at radius 3 is 2.60 bits per heavy atom. The van der Waals surface area contributed by atoms with Crippen molar-refractivity contribution in [1.82, 2.24) is 0 Å². The van der Waals surface area contributed by atoms with Crippen LogP contribution in [-0.2, 0) is 14.8 Å². The van der Waals surface area contributed by atoms with Crippen LogP contribution in [0.1, 0.15) is 23.2 Å². The number of halogens is 1. The summed E-state index contributed by atoms with van der Waals surface area (Å²) in [6.45, 7) is 0.696. The normalized spacial score (nSPS) is 16.9. The van der Waals surface area contributed by atoms with Gasteiger partial charge in [0.25, 0.3) is 0 Å². The van der Waals surface area contributed by atoms with Gasteiger partial charge in [-0.25, -0.2) is 17.6 Å². The molecule has 110 valence electrons. The van der Waals surface area contributed by atoms with Crippen molar-refractivity contribution in [3.05, 3.63) is 29.6 Å². The number of carbonyl (C=O) groups is 1. The standard InChI is InChI=1S/C12H14FNO5S/c13-8-1-2-11(10(7-8)12(15)16)14-20(17,18)9-3-5-19-6-4-9/h1-2,7,9,14H,3-6H2,(H,15,16). The summed E-state index contributed by atoms with van der Waals surface area (Å²) in [5.41, 5.74) is -0.550. The molecule has 0 unspecified atom stereocenters. The Morgan fingerprint density at radius 2 is 2.00 bits per heavy atom. The molecule has 6 nitrogen and oxygen atoms in total. The van der Waals surface area contributed by atoms with Gasteiger partial charge in [-0.2, -0.15) is 0 Å². The molecular weight excluding hydrogens is 289 g/mol. The lowest BCUT2D eigenvalue weighted by Crippen LogP contribution is -2.33. The maximum absolute atomic E-state index is 13.0. The number of hydrogen-bond donors (Lipinski definition) is 2. The molecule has 1 aromatic carbocycles. The van der Waals surface area contributed by atoms with Crippen LogP contribution in [0.25, 0.3) is 0 Å². The van der Waals surface area contributed by atoms with E-state index in [1.165, 1.54) is 0 Å². The predicted octanol–water partition coefficient (Wildman–Crippen LogP) is 1.44. The minimum absolute atomic E-state index is 0.134. The molecule has 0 spiro atoms. The molecular formula is C12H14FNO5S. The number of rotatable bonds is 4. The van der Waals surface area contributed by atoms with Gasteiger partial charge < -0.3 is 9.84 Å². The first-order valence-corrected chi connectivity index (χ1v) is 7.57. The molecule has 0 aromatic heterocycles. The zero-order valence-corrected chi connectivity index (χ0v) is 11.3. The van der Waals surface area contributed by atoms with Crippen molar-refractivity contribution in [3.8, 4) is 0 Å². The quantitative estimate of drug-likeness (QED) is 0.878. The summed E-state index contributed by atoms with van der Waals surface area (Å²) in [7, 11) is -3.72. The Balaban J connectivity index is 2.27. The highest BCUT2D eigenvalue weighted by Crippen LogP contribution is 2.23. The SMILES string of the molecule is O=C(O)c1cc(F)ccc1NS(=O)(=O)C1CCOCC1. The average Bonchev–Trinajstić information content (AvgIpc) is 2.41. The summed E-state index contributed by atoms with van der Waals surface area (Å²) >= 11 is 0. The van der Waals surface area contributed by atoms with E-state index in [1.807, 2.05) is 0 Å². The number of carboxylic acids is 1. The molecule has 0 saturated carbocycles. The fraction of sp³-hybridized carbons (Fsp3) is 0.417. The molecule has 1 fully saturated rings. The van der Waals surface area contributed by atoms with Crippen LogP contribution in [0.3, 0.4) is 0 Å². The highest BCUT2D eigenvalue weighted by molar-refractivity contribution is 7.93.